The zero-order valence-electron chi connectivity index (χ0n) is 14.3. The van der Waals surface area contributed by atoms with E-state index in [9.17, 15) is 14.4 Å². The smallest absolute Gasteiger partial charge is 0.357 e. The van der Waals surface area contributed by atoms with Crippen molar-refractivity contribution in [3.05, 3.63) is 16.1 Å². The third kappa shape index (κ3) is 4.56. The molecule has 1 aromatic rings. The molecule has 0 radical (unpaired) electrons. The monoisotopic (exact) mass is 365 g/mol. The summed E-state index contributed by atoms with van der Waals surface area (Å²) in [5.41, 5.74) is 0.319. The third-order valence-corrected chi connectivity index (χ3v) is 5.39. The van der Waals surface area contributed by atoms with Gasteiger partial charge in [0.1, 0.15) is 0 Å². The van der Waals surface area contributed by atoms with Gasteiger partial charge in [0.25, 0.3) is 0 Å². The van der Waals surface area contributed by atoms with Crippen LogP contribution in [0, 0.1) is 5.92 Å². The van der Waals surface area contributed by atoms with Crippen LogP contribution in [0.2, 0.25) is 0 Å². The summed E-state index contributed by atoms with van der Waals surface area (Å²) in [4.78, 5) is 41.9. The van der Waals surface area contributed by atoms with E-state index < -0.39 is 5.97 Å². The number of thiazole rings is 1. The average Bonchev–Trinajstić information content (AvgIpc) is 3.33. The number of piperidine rings is 1. The standard InChI is InChI=1S/C17H23N3O4S/c1-2-24-17(23)13-10-25-14(19-13)7-8-18-16(22)11-3-6-15(21)20(9-11)12-4-5-12/h10-12H,2-9H2,1H3,(H,18,22)/t11-/m0/s1. The van der Waals surface area contributed by atoms with Crippen LogP contribution in [-0.2, 0) is 20.7 Å². The topological polar surface area (TPSA) is 88.6 Å². The number of ether oxygens (including phenoxy) is 1. The summed E-state index contributed by atoms with van der Waals surface area (Å²) >= 11 is 1.39. The first kappa shape index (κ1) is 17.8. The summed E-state index contributed by atoms with van der Waals surface area (Å²) < 4.78 is 4.91. The molecule has 3 rings (SSSR count). The molecule has 1 aliphatic carbocycles. The maximum Gasteiger partial charge on any atom is 0.357 e. The van der Waals surface area contributed by atoms with E-state index >= 15 is 0 Å². The van der Waals surface area contributed by atoms with E-state index in [0.29, 0.717) is 50.7 Å². The first-order valence-corrected chi connectivity index (χ1v) is 9.65. The fraction of sp³-hybridized carbons (Fsp3) is 0.647. The second-order valence-electron chi connectivity index (χ2n) is 6.40. The molecule has 1 aromatic heterocycles. The second-order valence-corrected chi connectivity index (χ2v) is 7.34. The number of rotatable bonds is 7. The van der Waals surface area contributed by atoms with E-state index in [0.717, 1.165) is 17.8 Å². The van der Waals surface area contributed by atoms with E-state index in [1.165, 1.54) is 11.3 Å². The lowest BCUT2D eigenvalue weighted by Gasteiger charge is -2.32. The normalized spacial score (nSPS) is 20.4. The highest BCUT2D eigenvalue weighted by Gasteiger charge is 2.38. The van der Waals surface area contributed by atoms with Gasteiger partial charge in [0.2, 0.25) is 11.8 Å². The van der Waals surface area contributed by atoms with Gasteiger partial charge in [-0.25, -0.2) is 9.78 Å². The highest BCUT2D eigenvalue weighted by Crippen LogP contribution is 2.31. The number of nitrogens with zero attached hydrogens (tertiary/aromatic N) is 2. The molecule has 1 saturated carbocycles. The average molecular weight is 365 g/mol. The van der Waals surface area contributed by atoms with Crippen LogP contribution in [0.25, 0.3) is 0 Å². The molecule has 25 heavy (non-hydrogen) atoms. The van der Waals surface area contributed by atoms with Gasteiger partial charge < -0.3 is 15.0 Å². The summed E-state index contributed by atoms with van der Waals surface area (Å²) in [5, 5.41) is 5.40. The molecule has 1 atom stereocenters. The number of hydrogen-bond donors (Lipinski definition) is 1. The number of nitrogens with one attached hydrogen (secondary N) is 1. The zero-order valence-corrected chi connectivity index (χ0v) is 15.1. The van der Waals surface area contributed by atoms with Crippen molar-refractivity contribution in [2.75, 3.05) is 19.7 Å². The number of aromatic nitrogens is 1. The molecule has 2 amide bonds. The summed E-state index contributed by atoms with van der Waals surface area (Å²) in [5.74, 6) is -0.355. The summed E-state index contributed by atoms with van der Waals surface area (Å²) in [7, 11) is 0. The lowest BCUT2D eigenvalue weighted by atomic mass is 9.96. The van der Waals surface area contributed by atoms with E-state index in [2.05, 4.69) is 10.3 Å². The Bertz CT molecular complexity index is 656. The number of carbonyl (C=O) groups is 3. The minimum atomic E-state index is -0.416. The third-order valence-electron chi connectivity index (χ3n) is 4.48. The van der Waals surface area contributed by atoms with Gasteiger partial charge in [-0.3, -0.25) is 9.59 Å². The SMILES string of the molecule is CCOC(=O)c1csc(CCNC(=O)[C@H]2CCC(=O)N(C3CC3)C2)n1. The van der Waals surface area contributed by atoms with Gasteiger partial charge in [0, 0.05) is 37.4 Å². The molecule has 136 valence electrons. The highest BCUT2D eigenvalue weighted by molar-refractivity contribution is 7.09. The molecule has 2 fully saturated rings. The Labute approximate surface area is 150 Å². The summed E-state index contributed by atoms with van der Waals surface area (Å²) in [6.07, 6.45) is 3.79. The maximum absolute atomic E-state index is 12.3. The van der Waals surface area contributed by atoms with Crippen LogP contribution in [0.1, 0.15) is 48.1 Å². The Balaban J connectivity index is 1.43. The van der Waals surface area contributed by atoms with Crippen LogP contribution in [0.5, 0.6) is 0 Å². The first-order chi connectivity index (χ1) is 12.1. The van der Waals surface area contributed by atoms with Crippen LogP contribution in [0.3, 0.4) is 0 Å². The molecule has 2 aliphatic rings. The van der Waals surface area contributed by atoms with Crippen LogP contribution >= 0.6 is 11.3 Å². The molecule has 0 unspecified atom stereocenters. The quantitative estimate of drug-likeness (QED) is 0.738. The second kappa shape index (κ2) is 7.95. The fourth-order valence-corrected chi connectivity index (χ4v) is 3.75. The van der Waals surface area contributed by atoms with Gasteiger partial charge in [-0.15, -0.1) is 11.3 Å². The van der Waals surface area contributed by atoms with Crippen LogP contribution in [0.15, 0.2) is 5.38 Å². The van der Waals surface area contributed by atoms with E-state index in [-0.39, 0.29) is 17.7 Å². The Morgan fingerprint density at radius 1 is 1.40 bits per heavy atom. The fourth-order valence-electron chi connectivity index (χ4n) is 2.99. The number of amides is 2. The summed E-state index contributed by atoms with van der Waals surface area (Å²) in [6.45, 7) is 3.09. The number of likely N-dealkylation sites (tertiary alicyclic amines) is 1. The van der Waals surface area contributed by atoms with E-state index in [4.69, 9.17) is 4.74 Å². The van der Waals surface area contributed by atoms with Gasteiger partial charge in [-0.05, 0) is 26.2 Å². The number of carbonyl (C=O) groups excluding carboxylic acids is 3. The van der Waals surface area contributed by atoms with Crippen molar-refractivity contribution < 1.29 is 19.1 Å². The Morgan fingerprint density at radius 3 is 2.92 bits per heavy atom. The van der Waals surface area contributed by atoms with Gasteiger partial charge in [-0.2, -0.15) is 0 Å². The van der Waals surface area contributed by atoms with Gasteiger partial charge in [0.05, 0.1) is 17.5 Å². The molecule has 1 saturated heterocycles. The highest BCUT2D eigenvalue weighted by atomic mass is 32.1. The largest absolute Gasteiger partial charge is 0.461 e. The van der Waals surface area contributed by atoms with Gasteiger partial charge in [-0.1, -0.05) is 0 Å². The van der Waals surface area contributed by atoms with Crippen molar-refractivity contribution in [3.8, 4) is 0 Å². The molecule has 2 heterocycles. The Hall–Kier alpha value is -1.96. The van der Waals surface area contributed by atoms with E-state index in [1.54, 1.807) is 12.3 Å². The first-order valence-electron chi connectivity index (χ1n) is 8.77. The molecule has 1 N–H and O–H groups in total. The molecule has 8 heteroatoms. The van der Waals surface area contributed by atoms with Crippen molar-refractivity contribution in [1.82, 2.24) is 15.2 Å². The molecule has 0 spiro atoms. The predicted molar refractivity (Wildman–Crippen MR) is 92.2 cm³/mol. The zero-order chi connectivity index (χ0) is 17.8. The lowest BCUT2D eigenvalue weighted by molar-refractivity contribution is -0.138. The maximum atomic E-state index is 12.3. The molecule has 7 nitrogen and oxygen atoms in total. The lowest BCUT2D eigenvalue weighted by Crippen LogP contribution is -2.46. The minimum Gasteiger partial charge on any atom is -0.461 e. The van der Waals surface area contributed by atoms with Crippen molar-refractivity contribution in [3.63, 3.8) is 0 Å². The Kier molecular flexibility index (Phi) is 5.67. The number of esters is 1. The molecular weight excluding hydrogens is 342 g/mol. The van der Waals surface area contributed by atoms with E-state index in [1.807, 2.05) is 4.90 Å². The molecular formula is C17H23N3O4S. The van der Waals surface area contributed by atoms with Crippen molar-refractivity contribution in [2.24, 2.45) is 5.92 Å². The predicted octanol–water partition coefficient (Wildman–Crippen LogP) is 1.38. The van der Waals surface area contributed by atoms with Crippen molar-refractivity contribution in [2.45, 2.75) is 45.1 Å². The van der Waals surface area contributed by atoms with Crippen LogP contribution in [0.4, 0.5) is 0 Å². The van der Waals surface area contributed by atoms with Gasteiger partial charge in [0.15, 0.2) is 5.69 Å². The van der Waals surface area contributed by atoms with Gasteiger partial charge >= 0.3 is 5.97 Å². The van der Waals surface area contributed by atoms with Crippen LogP contribution < -0.4 is 5.32 Å². The molecule has 0 bridgehead atoms. The number of hydrogen-bond acceptors (Lipinski definition) is 6. The van der Waals surface area contributed by atoms with Crippen molar-refractivity contribution >= 4 is 29.1 Å². The van der Waals surface area contributed by atoms with Crippen molar-refractivity contribution in [1.29, 1.82) is 0 Å². The van der Waals surface area contributed by atoms with Crippen LogP contribution in [-0.4, -0.2) is 53.4 Å². The molecule has 1 aliphatic heterocycles. The minimum absolute atomic E-state index is 0.000298. The Morgan fingerprint density at radius 2 is 2.20 bits per heavy atom. The molecule has 0 aromatic carbocycles. The summed E-state index contributed by atoms with van der Waals surface area (Å²) in [6, 6.07) is 0.361.